The number of rotatable bonds is 5. The molecule has 4 heteroatoms. The normalized spacial score (nSPS) is 9.94. The van der Waals surface area contributed by atoms with E-state index >= 15 is 0 Å². The van der Waals surface area contributed by atoms with Crippen LogP contribution in [0.3, 0.4) is 0 Å². The highest BCUT2D eigenvalue weighted by Crippen LogP contribution is 2.10. The first-order valence-electron chi connectivity index (χ1n) is 5.68. The molecule has 0 aliphatic heterocycles. The Kier molecular flexibility index (Phi) is 4.76. The Labute approximate surface area is 96.5 Å². The number of nitrogens with one attached hydrogen (secondary N) is 2. The molecule has 88 valence electrons. The van der Waals surface area contributed by atoms with Crippen LogP contribution in [0.15, 0.2) is 12.1 Å². The molecule has 0 fully saturated rings. The molecule has 2 N–H and O–H groups in total. The number of hydrogen-bond acceptors (Lipinski definition) is 3. The van der Waals surface area contributed by atoms with Crippen molar-refractivity contribution in [2.75, 3.05) is 18.4 Å². The van der Waals surface area contributed by atoms with Gasteiger partial charge in [-0.15, -0.1) is 0 Å². The van der Waals surface area contributed by atoms with E-state index in [1.54, 1.807) is 12.1 Å². The van der Waals surface area contributed by atoms with Crippen LogP contribution in [0.5, 0.6) is 0 Å². The molecule has 0 spiro atoms. The van der Waals surface area contributed by atoms with Crippen molar-refractivity contribution in [3.05, 3.63) is 23.4 Å². The summed E-state index contributed by atoms with van der Waals surface area (Å²) in [5, 5.41) is 5.96. The average molecular weight is 221 g/mol. The van der Waals surface area contributed by atoms with E-state index < -0.39 is 0 Å². The SMILES string of the molecule is CCCNc1cc(C(=O)NCC)cc(C)n1. The summed E-state index contributed by atoms with van der Waals surface area (Å²) in [6, 6.07) is 3.58. The molecule has 0 bridgehead atoms. The number of pyridine rings is 1. The Morgan fingerprint density at radius 3 is 2.75 bits per heavy atom. The Balaban J connectivity index is 2.84. The topological polar surface area (TPSA) is 54.0 Å². The van der Waals surface area contributed by atoms with E-state index in [9.17, 15) is 4.79 Å². The van der Waals surface area contributed by atoms with E-state index in [0.29, 0.717) is 12.1 Å². The van der Waals surface area contributed by atoms with Gasteiger partial charge in [-0.25, -0.2) is 4.98 Å². The minimum Gasteiger partial charge on any atom is -0.370 e. The fourth-order valence-electron chi connectivity index (χ4n) is 1.41. The molecule has 0 radical (unpaired) electrons. The van der Waals surface area contributed by atoms with Gasteiger partial charge in [0.05, 0.1) is 0 Å². The number of anilines is 1. The van der Waals surface area contributed by atoms with Crippen molar-refractivity contribution in [2.45, 2.75) is 27.2 Å². The lowest BCUT2D eigenvalue weighted by molar-refractivity contribution is 0.0955. The molecule has 0 saturated carbocycles. The lowest BCUT2D eigenvalue weighted by atomic mass is 10.2. The molecule has 1 aromatic heterocycles. The minimum atomic E-state index is -0.0486. The third-order valence-corrected chi connectivity index (χ3v) is 2.11. The number of nitrogens with zero attached hydrogens (tertiary/aromatic N) is 1. The standard InChI is InChI=1S/C12H19N3O/c1-4-6-14-11-8-10(7-9(3)15-11)12(16)13-5-2/h7-8H,4-6H2,1-3H3,(H,13,16)(H,14,15). The molecular weight excluding hydrogens is 202 g/mol. The van der Waals surface area contributed by atoms with Crippen LogP contribution < -0.4 is 10.6 Å². The first-order valence-corrected chi connectivity index (χ1v) is 5.68. The molecule has 0 aromatic carbocycles. The number of aryl methyl sites for hydroxylation is 1. The van der Waals surface area contributed by atoms with E-state index in [0.717, 1.165) is 24.5 Å². The van der Waals surface area contributed by atoms with Gasteiger partial charge in [0.25, 0.3) is 5.91 Å². The van der Waals surface area contributed by atoms with E-state index in [1.165, 1.54) is 0 Å². The summed E-state index contributed by atoms with van der Waals surface area (Å²) < 4.78 is 0. The van der Waals surface area contributed by atoms with Gasteiger partial charge in [0.1, 0.15) is 5.82 Å². The summed E-state index contributed by atoms with van der Waals surface area (Å²) in [6.45, 7) is 7.39. The van der Waals surface area contributed by atoms with Crippen LogP contribution in [-0.4, -0.2) is 24.0 Å². The van der Waals surface area contributed by atoms with Crippen molar-refractivity contribution in [3.63, 3.8) is 0 Å². The highest BCUT2D eigenvalue weighted by atomic mass is 16.1. The zero-order chi connectivity index (χ0) is 12.0. The van der Waals surface area contributed by atoms with E-state index in [1.807, 2.05) is 13.8 Å². The Morgan fingerprint density at radius 1 is 1.38 bits per heavy atom. The van der Waals surface area contributed by atoms with Gasteiger partial charge in [-0.3, -0.25) is 4.79 Å². The highest BCUT2D eigenvalue weighted by molar-refractivity contribution is 5.94. The van der Waals surface area contributed by atoms with Crippen LogP contribution in [0.1, 0.15) is 36.3 Å². The zero-order valence-electron chi connectivity index (χ0n) is 10.1. The van der Waals surface area contributed by atoms with Crippen LogP contribution in [0, 0.1) is 6.92 Å². The minimum absolute atomic E-state index is 0.0486. The third kappa shape index (κ3) is 3.53. The molecule has 0 aliphatic rings. The van der Waals surface area contributed by atoms with Crippen LogP contribution in [-0.2, 0) is 0 Å². The smallest absolute Gasteiger partial charge is 0.251 e. The van der Waals surface area contributed by atoms with Gasteiger partial charge in [-0.2, -0.15) is 0 Å². The largest absolute Gasteiger partial charge is 0.370 e. The monoisotopic (exact) mass is 221 g/mol. The van der Waals surface area contributed by atoms with Gasteiger partial charge >= 0.3 is 0 Å². The number of hydrogen-bond donors (Lipinski definition) is 2. The fraction of sp³-hybridized carbons (Fsp3) is 0.500. The Bertz CT molecular complexity index is 363. The molecule has 1 aromatic rings. The van der Waals surface area contributed by atoms with E-state index in [2.05, 4.69) is 22.5 Å². The van der Waals surface area contributed by atoms with Crippen molar-refractivity contribution in [1.29, 1.82) is 0 Å². The first-order chi connectivity index (χ1) is 7.67. The van der Waals surface area contributed by atoms with Crippen LogP contribution in [0.4, 0.5) is 5.82 Å². The average Bonchev–Trinajstić information content (AvgIpc) is 2.26. The summed E-state index contributed by atoms with van der Waals surface area (Å²) in [4.78, 5) is 16.0. The quantitative estimate of drug-likeness (QED) is 0.799. The van der Waals surface area contributed by atoms with Crippen LogP contribution >= 0.6 is 0 Å². The molecule has 16 heavy (non-hydrogen) atoms. The lowest BCUT2D eigenvalue weighted by Gasteiger charge is -2.08. The summed E-state index contributed by atoms with van der Waals surface area (Å²) in [7, 11) is 0. The van der Waals surface area contributed by atoms with Gasteiger partial charge in [0.15, 0.2) is 0 Å². The fourth-order valence-corrected chi connectivity index (χ4v) is 1.41. The number of amides is 1. The first kappa shape index (κ1) is 12.5. The van der Waals surface area contributed by atoms with E-state index in [-0.39, 0.29) is 5.91 Å². The predicted molar refractivity (Wildman–Crippen MR) is 65.8 cm³/mol. The Morgan fingerprint density at radius 2 is 2.12 bits per heavy atom. The van der Waals surface area contributed by atoms with Crippen molar-refractivity contribution in [1.82, 2.24) is 10.3 Å². The molecule has 0 saturated heterocycles. The Hall–Kier alpha value is -1.58. The highest BCUT2D eigenvalue weighted by Gasteiger charge is 2.06. The van der Waals surface area contributed by atoms with Gasteiger partial charge in [-0.1, -0.05) is 6.92 Å². The van der Waals surface area contributed by atoms with Crippen molar-refractivity contribution in [2.24, 2.45) is 0 Å². The lowest BCUT2D eigenvalue weighted by Crippen LogP contribution is -2.23. The second kappa shape index (κ2) is 6.10. The number of carbonyl (C=O) groups is 1. The van der Waals surface area contributed by atoms with Crippen molar-refractivity contribution < 1.29 is 4.79 Å². The maximum atomic E-state index is 11.7. The maximum absolute atomic E-state index is 11.7. The summed E-state index contributed by atoms with van der Waals surface area (Å²) in [5.41, 5.74) is 1.51. The number of carbonyl (C=O) groups excluding carboxylic acids is 1. The molecule has 1 rings (SSSR count). The third-order valence-electron chi connectivity index (χ3n) is 2.11. The molecule has 4 nitrogen and oxygen atoms in total. The van der Waals surface area contributed by atoms with Crippen LogP contribution in [0.2, 0.25) is 0 Å². The van der Waals surface area contributed by atoms with Gasteiger partial charge in [0, 0.05) is 24.3 Å². The molecule has 0 aliphatic carbocycles. The van der Waals surface area contributed by atoms with E-state index in [4.69, 9.17) is 0 Å². The van der Waals surface area contributed by atoms with Gasteiger partial charge in [-0.05, 0) is 32.4 Å². The second-order valence-electron chi connectivity index (χ2n) is 3.67. The molecular formula is C12H19N3O. The summed E-state index contributed by atoms with van der Waals surface area (Å²) >= 11 is 0. The second-order valence-corrected chi connectivity index (χ2v) is 3.67. The molecule has 1 amide bonds. The van der Waals surface area contributed by atoms with Gasteiger partial charge in [0.2, 0.25) is 0 Å². The zero-order valence-corrected chi connectivity index (χ0v) is 10.1. The molecule has 0 atom stereocenters. The maximum Gasteiger partial charge on any atom is 0.251 e. The number of aromatic nitrogens is 1. The van der Waals surface area contributed by atoms with Gasteiger partial charge < -0.3 is 10.6 Å². The summed E-state index contributed by atoms with van der Waals surface area (Å²) in [6.07, 6.45) is 1.03. The summed E-state index contributed by atoms with van der Waals surface area (Å²) in [5.74, 6) is 0.718. The van der Waals surface area contributed by atoms with Crippen molar-refractivity contribution >= 4 is 11.7 Å². The van der Waals surface area contributed by atoms with Crippen molar-refractivity contribution in [3.8, 4) is 0 Å². The molecule has 1 heterocycles. The van der Waals surface area contributed by atoms with Crippen LogP contribution in [0.25, 0.3) is 0 Å². The molecule has 0 unspecified atom stereocenters. The predicted octanol–water partition coefficient (Wildman–Crippen LogP) is 1.96.